The van der Waals surface area contributed by atoms with Crippen LogP contribution in [0.1, 0.15) is 19.4 Å². The zero-order chi connectivity index (χ0) is 13.4. The standard InChI is InChI=1S/C14H23NO2S/c1-4-18-8-7-17-14-6-5-13(16-3)10-12(14)9-11(2)15/h5-6,10-11H,4,7-9,15H2,1-3H3. The van der Waals surface area contributed by atoms with Crippen molar-refractivity contribution in [3.63, 3.8) is 0 Å². The third-order valence-corrected chi connectivity index (χ3v) is 3.36. The van der Waals surface area contributed by atoms with Gasteiger partial charge < -0.3 is 15.2 Å². The molecule has 0 spiro atoms. The summed E-state index contributed by atoms with van der Waals surface area (Å²) in [5.41, 5.74) is 6.98. The molecule has 1 aromatic rings. The highest BCUT2D eigenvalue weighted by atomic mass is 32.2. The summed E-state index contributed by atoms with van der Waals surface area (Å²) in [5.74, 6) is 3.91. The van der Waals surface area contributed by atoms with Crippen molar-refractivity contribution in [3.8, 4) is 11.5 Å². The number of nitrogens with two attached hydrogens (primary N) is 1. The van der Waals surface area contributed by atoms with E-state index in [4.69, 9.17) is 15.2 Å². The van der Waals surface area contributed by atoms with Crippen molar-refractivity contribution in [1.29, 1.82) is 0 Å². The maximum Gasteiger partial charge on any atom is 0.122 e. The van der Waals surface area contributed by atoms with Crippen molar-refractivity contribution in [1.82, 2.24) is 0 Å². The molecule has 0 aromatic heterocycles. The minimum absolute atomic E-state index is 0.115. The number of rotatable bonds is 8. The van der Waals surface area contributed by atoms with Crippen LogP contribution in [0.15, 0.2) is 18.2 Å². The molecule has 4 heteroatoms. The minimum Gasteiger partial charge on any atom is -0.497 e. The Balaban J connectivity index is 2.68. The van der Waals surface area contributed by atoms with E-state index in [9.17, 15) is 0 Å². The highest BCUT2D eigenvalue weighted by molar-refractivity contribution is 7.99. The Morgan fingerprint density at radius 1 is 1.39 bits per heavy atom. The number of methoxy groups -OCH3 is 1. The largest absolute Gasteiger partial charge is 0.497 e. The quantitative estimate of drug-likeness (QED) is 0.737. The minimum atomic E-state index is 0.115. The number of hydrogen-bond acceptors (Lipinski definition) is 4. The molecular weight excluding hydrogens is 246 g/mol. The zero-order valence-corrected chi connectivity index (χ0v) is 12.3. The Morgan fingerprint density at radius 3 is 2.78 bits per heavy atom. The van der Waals surface area contributed by atoms with Crippen LogP contribution >= 0.6 is 11.8 Å². The van der Waals surface area contributed by atoms with Gasteiger partial charge >= 0.3 is 0 Å². The molecule has 0 fully saturated rings. The van der Waals surface area contributed by atoms with Gasteiger partial charge in [-0.15, -0.1) is 0 Å². The lowest BCUT2D eigenvalue weighted by molar-refractivity contribution is 0.338. The lowest BCUT2D eigenvalue weighted by Gasteiger charge is -2.14. The van der Waals surface area contributed by atoms with Gasteiger partial charge in [-0.1, -0.05) is 6.92 Å². The molecule has 0 radical (unpaired) electrons. The lowest BCUT2D eigenvalue weighted by atomic mass is 10.1. The molecule has 0 saturated heterocycles. The molecule has 0 aliphatic heterocycles. The molecule has 102 valence electrons. The second-order valence-corrected chi connectivity index (χ2v) is 5.59. The van der Waals surface area contributed by atoms with Crippen molar-refractivity contribution in [2.75, 3.05) is 25.2 Å². The summed E-state index contributed by atoms with van der Waals surface area (Å²) in [6, 6.07) is 6.01. The van der Waals surface area contributed by atoms with E-state index in [0.717, 1.165) is 41.6 Å². The van der Waals surface area contributed by atoms with Crippen molar-refractivity contribution in [2.45, 2.75) is 26.3 Å². The molecule has 0 bridgehead atoms. The van der Waals surface area contributed by atoms with Crippen LogP contribution in [-0.4, -0.2) is 31.3 Å². The van der Waals surface area contributed by atoms with Crippen molar-refractivity contribution in [2.24, 2.45) is 5.73 Å². The van der Waals surface area contributed by atoms with Gasteiger partial charge in [-0.3, -0.25) is 0 Å². The molecule has 1 unspecified atom stereocenters. The first kappa shape index (κ1) is 15.2. The Labute approximate surface area is 114 Å². The Hall–Kier alpha value is -0.870. The molecule has 3 nitrogen and oxygen atoms in total. The predicted molar refractivity (Wildman–Crippen MR) is 78.8 cm³/mol. The smallest absolute Gasteiger partial charge is 0.122 e. The van der Waals surface area contributed by atoms with Gasteiger partial charge in [0.15, 0.2) is 0 Å². The van der Waals surface area contributed by atoms with E-state index < -0.39 is 0 Å². The second kappa shape index (κ2) is 8.27. The maximum absolute atomic E-state index is 5.86. The summed E-state index contributed by atoms with van der Waals surface area (Å²) in [5, 5.41) is 0. The van der Waals surface area contributed by atoms with E-state index >= 15 is 0 Å². The molecule has 1 aromatic carbocycles. The Morgan fingerprint density at radius 2 is 2.17 bits per heavy atom. The SMILES string of the molecule is CCSCCOc1ccc(OC)cc1CC(C)N. The topological polar surface area (TPSA) is 44.5 Å². The zero-order valence-electron chi connectivity index (χ0n) is 11.4. The van der Waals surface area contributed by atoms with Gasteiger partial charge in [0.25, 0.3) is 0 Å². The van der Waals surface area contributed by atoms with E-state index in [-0.39, 0.29) is 6.04 Å². The van der Waals surface area contributed by atoms with Gasteiger partial charge in [-0.2, -0.15) is 11.8 Å². The average molecular weight is 269 g/mol. The van der Waals surface area contributed by atoms with Crippen molar-refractivity contribution < 1.29 is 9.47 Å². The summed E-state index contributed by atoms with van der Waals surface area (Å²) < 4.78 is 11.0. The summed E-state index contributed by atoms with van der Waals surface area (Å²) >= 11 is 1.88. The Bertz CT molecular complexity index is 356. The summed E-state index contributed by atoms with van der Waals surface area (Å²) in [6.45, 7) is 4.88. The van der Waals surface area contributed by atoms with Crippen molar-refractivity contribution in [3.05, 3.63) is 23.8 Å². The molecule has 0 saturated carbocycles. The van der Waals surface area contributed by atoms with Crippen LogP contribution in [0.2, 0.25) is 0 Å². The van der Waals surface area contributed by atoms with Crippen LogP contribution in [0.3, 0.4) is 0 Å². The molecule has 1 atom stereocenters. The molecular formula is C14H23NO2S. The van der Waals surface area contributed by atoms with E-state index in [1.54, 1.807) is 7.11 Å². The molecule has 0 aliphatic carbocycles. The molecule has 18 heavy (non-hydrogen) atoms. The van der Waals surface area contributed by atoms with E-state index in [2.05, 4.69) is 6.92 Å². The van der Waals surface area contributed by atoms with E-state index in [0.29, 0.717) is 0 Å². The molecule has 0 amide bonds. The molecule has 0 aliphatic rings. The number of hydrogen-bond donors (Lipinski definition) is 1. The van der Waals surface area contributed by atoms with Gasteiger partial charge in [0.2, 0.25) is 0 Å². The lowest BCUT2D eigenvalue weighted by Crippen LogP contribution is -2.18. The van der Waals surface area contributed by atoms with Gasteiger partial charge in [-0.05, 0) is 42.9 Å². The first-order chi connectivity index (χ1) is 8.67. The predicted octanol–water partition coefficient (Wildman–Crippen LogP) is 2.72. The first-order valence-corrected chi connectivity index (χ1v) is 7.45. The van der Waals surface area contributed by atoms with Crippen LogP contribution in [0.5, 0.6) is 11.5 Å². The van der Waals surface area contributed by atoms with Crippen LogP contribution in [-0.2, 0) is 6.42 Å². The summed E-state index contributed by atoms with van der Waals surface area (Å²) in [7, 11) is 1.67. The first-order valence-electron chi connectivity index (χ1n) is 6.30. The van der Waals surface area contributed by atoms with Crippen LogP contribution < -0.4 is 15.2 Å². The number of benzene rings is 1. The maximum atomic E-state index is 5.86. The normalized spacial score (nSPS) is 12.2. The molecule has 2 N–H and O–H groups in total. The van der Waals surface area contributed by atoms with E-state index in [1.165, 1.54) is 0 Å². The van der Waals surface area contributed by atoms with Crippen LogP contribution in [0.4, 0.5) is 0 Å². The third-order valence-electron chi connectivity index (χ3n) is 2.50. The van der Waals surface area contributed by atoms with Gasteiger partial charge in [0, 0.05) is 11.8 Å². The number of ether oxygens (including phenoxy) is 2. The third kappa shape index (κ3) is 5.19. The average Bonchev–Trinajstić information content (AvgIpc) is 2.35. The molecule has 1 rings (SSSR count). The summed E-state index contributed by atoms with van der Waals surface area (Å²) in [4.78, 5) is 0. The fourth-order valence-corrected chi connectivity index (χ4v) is 2.17. The van der Waals surface area contributed by atoms with E-state index in [1.807, 2.05) is 36.9 Å². The van der Waals surface area contributed by atoms with Gasteiger partial charge in [0.05, 0.1) is 13.7 Å². The fraction of sp³-hybridized carbons (Fsp3) is 0.571. The Kier molecular flexibility index (Phi) is 6.98. The summed E-state index contributed by atoms with van der Waals surface area (Å²) in [6.07, 6.45) is 0.799. The van der Waals surface area contributed by atoms with Gasteiger partial charge in [-0.25, -0.2) is 0 Å². The monoisotopic (exact) mass is 269 g/mol. The van der Waals surface area contributed by atoms with Crippen molar-refractivity contribution >= 4 is 11.8 Å². The van der Waals surface area contributed by atoms with Crippen LogP contribution in [0.25, 0.3) is 0 Å². The van der Waals surface area contributed by atoms with Gasteiger partial charge in [0.1, 0.15) is 11.5 Å². The molecule has 0 heterocycles. The number of thioether (sulfide) groups is 1. The highest BCUT2D eigenvalue weighted by Gasteiger charge is 2.08. The second-order valence-electron chi connectivity index (χ2n) is 4.20. The van der Waals surface area contributed by atoms with Crippen LogP contribution in [0, 0.1) is 0 Å². The highest BCUT2D eigenvalue weighted by Crippen LogP contribution is 2.25. The fourth-order valence-electron chi connectivity index (χ4n) is 1.68.